The number of aryl methyl sites for hydroxylation is 1. The third kappa shape index (κ3) is 2.06. The van der Waals surface area contributed by atoms with E-state index < -0.39 is 0 Å². The largest absolute Gasteiger partial charge is 0.351 e. The average molecular weight is 298 g/mol. The van der Waals surface area contributed by atoms with Gasteiger partial charge in [-0.25, -0.2) is 4.98 Å². The lowest BCUT2D eigenvalue weighted by molar-refractivity contribution is 0.768. The Kier molecular flexibility index (Phi) is 3.13. The van der Waals surface area contributed by atoms with Gasteiger partial charge < -0.3 is 9.47 Å². The van der Waals surface area contributed by atoms with Crippen LogP contribution in [0.3, 0.4) is 0 Å². The van der Waals surface area contributed by atoms with Crippen molar-refractivity contribution in [3.8, 4) is 0 Å². The van der Waals surface area contributed by atoms with Crippen LogP contribution in [0.15, 0.2) is 18.3 Å². The molecule has 3 rings (SSSR count). The molecule has 0 saturated carbocycles. The van der Waals surface area contributed by atoms with Crippen molar-refractivity contribution in [2.24, 2.45) is 0 Å². The standard InChI is InChI=1S/C12H12ClN3S2/c1-8-11-15(4-5-16(11)12(17)18-8)7-9-2-3-10(13)14-6-9/h2-3,6H,4-5,7H2,1H3. The Labute approximate surface area is 120 Å². The van der Waals surface area contributed by atoms with E-state index in [1.54, 1.807) is 11.3 Å². The molecule has 0 amide bonds. The Morgan fingerprint density at radius 2 is 2.28 bits per heavy atom. The van der Waals surface area contributed by atoms with E-state index in [4.69, 9.17) is 23.8 Å². The molecule has 0 saturated heterocycles. The van der Waals surface area contributed by atoms with Crippen LogP contribution in [0, 0.1) is 10.9 Å². The number of fused-ring (bicyclic) bond motifs is 1. The molecule has 6 heteroatoms. The van der Waals surface area contributed by atoms with Gasteiger partial charge in [0.05, 0.1) is 0 Å². The zero-order chi connectivity index (χ0) is 12.7. The third-order valence-electron chi connectivity index (χ3n) is 3.09. The van der Waals surface area contributed by atoms with Crippen molar-refractivity contribution < 1.29 is 0 Å². The smallest absolute Gasteiger partial charge is 0.162 e. The molecule has 0 radical (unpaired) electrons. The van der Waals surface area contributed by atoms with Crippen LogP contribution in [-0.2, 0) is 13.1 Å². The molecule has 0 unspecified atom stereocenters. The van der Waals surface area contributed by atoms with E-state index in [0.717, 1.165) is 23.6 Å². The molecule has 2 aromatic heterocycles. The highest BCUT2D eigenvalue weighted by Gasteiger charge is 2.23. The predicted molar refractivity (Wildman–Crippen MR) is 78.2 cm³/mol. The monoisotopic (exact) mass is 297 g/mol. The summed E-state index contributed by atoms with van der Waals surface area (Å²) in [7, 11) is 0. The highest BCUT2D eigenvalue weighted by molar-refractivity contribution is 7.73. The third-order valence-corrected chi connectivity index (χ3v) is 4.66. The van der Waals surface area contributed by atoms with Crippen LogP contribution < -0.4 is 4.90 Å². The lowest BCUT2D eigenvalue weighted by Gasteiger charge is -2.17. The molecule has 0 N–H and O–H groups in total. The molecule has 1 aliphatic heterocycles. The lowest BCUT2D eigenvalue weighted by Crippen LogP contribution is -2.20. The van der Waals surface area contributed by atoms with Gasteiger partial charge in [0.2, 0.25) is 0 Å². The number of halogens is 1. The molecule has 3 heterocycles. The molecule has 1 aliphatic rings. The van der Waals surface area contributed by atoms with Crippen molar-refractivity contribution in [1.82, 2.24) is 9.55 Å². The normalized spacial score (nSPS) is 14.0. The van der Waals surface area contributed by atoms with Crippen LogP contribution >= 0.6 is 35.2 Å². The highest BCUT2D eigenvalue weighted by atomic mass is 35.5. The van der Waals surface area contributed by atoms with Gasteiger partial charge >= 0.3 is 0 Å². The Hall–Kier alpha value is -0.910. The first kappa shape index (κ1) is 12.1. The van der Waals surface area contributed by atoms with Gasteiger partial charge in [-0.3, -0.25) is 0 Å². The first-order valence-electron chi connectivity index (χ1n) is 5.71. The van der Waals surface area contributed by atoms with Crippen molar-refractivity contribution >= 4 is 41.0 Å². The van der Waals surface area contributed by atoms with Gasteiger partial charge in [0.15, 0.2) is 3.95 Å². The van der Waals surface area contributed by atoms with E-state index in [1.165, 1.54) is 16.3 Å². The SMILES string of the molecule is Cc1sc(=S)n2c1N(Cc1ccc(Cl)nc1)CC2. The van der Waals surface area contributed by atoms with Gasteiger partial charge in [-0.05, 0) is 30.8 Å². The summed E-state index contributed by atoms with van der Waals surface area (Å²) in [5, 5.41) is 0.537. The summed E-state index contributed by atoms with van der Waals surface area (Å²) >= 11 is 12.8. The quantitative estimate of drug-likeness (QED) is 0.623. The summed E-state index contributed by atoms with van der Waals surface area (Å²) in [6, 6.07) is 3.86. The fraction of sp³-hybridized carbons (Fsp3) is 0.333. The van der Waals surface area contributed by atoms with Crippen molar-refractivity contribution in [2.75, 3.05) is 11.4 Å². The van der Waals surface area contributed by atoms with Crippen molar-refractivity contribution in [3.63, 3.8) is 0 Å². The minimum absolute atomic E-state index is 0.537. The van der Waals surface area contributed by atoms with Crippen LogP contribution in [-0.4, -0.2) is 16.1 Å². The van der Waals surface area contributed by atoms with E-state index in [-0.39, 0.29) is 0 Å². The maximum atomic E-state index is 5.80. The molecule has 0 aromatic carbocycles. The number of thiazole rings is 1. The summed E-state index contributed by atoms with van der Waals surface area (Å²) < 4.78 is 3.19. The minimum Gasteiger partial charge on any atom is -0.351 e. The predicted octanol–water partition coefficient (Wildman–Crippen LogP) is 3.66. The van der Waals surface area contributed by atoms with E-state index >= 15 is 0 Å². The van der Waals surface area contributed by atoms with Gasteiger partial charge in [0.1, 0.15) is 11.0 Å². The van der Waals surface area contributed by atoms with E-state index in [0.29, 0.717) is 5.15 Å². The average Bonchev–Trinajstić information content (AvgIpc) is 2.86. The fourth-order valence-electron chi connectivity index (χ4n) is 2.30. The lowest BCUT2D eigenvalue weighted by atomic mass is 10.2. The summed E-state index contributed by atoms with van der Waals surface area (Å²) in [5.41, 5.74) is 1.17. The fourth-order valence-corrected chi connectivity index (χ4v) is 3.84. The molecular formula is C12H12ClN3S2. The molecule has 0 spiro atoms. The maximum Gasteiger partial charge on any atom is 0.162 e. The van der Waals surface area contributed by atoms with Crippen molar-refractivity contribution in [1.29, 1.82) is 0 Å². The van der Waals surface area contributed by atoms with Gasteiger partial charge in [0, 0.05) is 30.7 Å². The maximum absolute atomic E-state index is 5.80. The van der Waals surface area contributed by atoms with Gasteiger partial charge in [0.25, 0.3) is 0 Å². The first-order chi connectivity index (χ1) is 8.65. The molecule has 18 heavy (non-hydrogen) atoms. The molecule has 0 fully saturated rings. The van der Waals surface area contributed by atoms with Gasteiger partial charge in [-0.1, -0.05) is 17.7 Å². The molecular weight excluding hydrogens is 286 g/mol. The molecule has 0 atom stereocenters. The van der Waals surface area contributed by atoms with Crippen molar-refractivity contribution in [3.05, 3.63) is 37.9 Å². The summed E-state index contributed by atoms with van der Waals surface area (Å²) in [4.78, 5) is 7.76. The number of aromatic nitrogens is 2. The number of hydrogen-bond acceptors (Lipinski definition) is 4. The van der Waals surface area contributed by atoms with Crippen LogP contribution in [0.4, 0.5) is 5.82 Å². The molecule has 0 aliphatic carbocycles. The molecule has 3 nitrogen and oxygen atoms in total. The Bertz CT molecular complexity index is 630. The number of nitrogens with zero attached hydrogens (tertiary/aromatic N) is 3. The molecule has 2 aromatic rings. The second-order valence-electron chi connectivity index (χ2n) is 4.31. The second kappa shape index (κ2) is 4.64. The highest BCUT2D eigenvalue weighted by Crippen LogP contribution is 2.32. The summed E-state index contributed by atoms with van der Waals surface area (Å²) in [6.07, 6.45) is 1.83. The number of pyridine rings is 1. The van der Waals surface area contributed by atoms with Crippen molar-refractivity contribution in [2.45, 2.75) is 20.0 Å². The summed E-state index contributed by atoms with van der Waals surface area (Å²) in [5.74, 6) is 1.26. The molecule has 0 bridgehead atoms. The zero-order valence-electron chi connectivity index (χ0n) is 9.89. The first-order valence-corrected chi connectivity index (χ1v) is 7.31. The zero-order valence-corrected chi connectivity index (χ0v) is 12.3. The van der Waals surface area contributed by atoms with E-state index in [1.807, 2.05) is 18.3 Å². The van der Waals surface area contributed by atoms with E-state index in [9.17, 15) is 0 Å². The van der Waals surface area contributed by atoms with Crippen LogP contribution in [0.25, 0.3) is 0 Å². The second-order valence-corrected chi connectivity index (χ2v) is 6.55. The summed E-state index contributed by atoms with van der Waals surface area (Å²) in [6.45, 7) is 4.98. The minimum atomic E-state index is 0.537. The number of rotatable bonds is 2. The van der Waals surface area contributed by atoms with Crippen LogP contribution in [0.2, 0.25) is 5.15 Å². The molecule has 94 valence electrons. The Morgan fingerprint density at radius 1 is 1.44 bits per heavy atom. The number of hydrogen-bond donors (Lipinski definition) is 0. The van der Waals surface area contributed by atoms with Crippen LogP contribution in [0.5, 0.6) is 0 Å². The van der Waals surface area contributed by atoms with Crippen LogP contribution in [0.1, 0.15) is 10.4 Å². The Morgan fingerprint density at radius 3 is 3.00 bits per heavy atom. The number of anilines is 1. The van der Waals surface area contributed by atoms with E-state index in [2.05, 4.69) is 21.4 Å². The topological polar surface area (TPSA) is 21.1 Å². The Balaban J connectivity index is 1.89. The van der Waals surface area contributed by atoms with Gasteiger partial charge in [-0.15, -0.1) is 11.3 Å². The van der Waals surface area contributed by atoms with Gasteiger partial charge in [-0.2, -0.15) is 0 Å².